The van der Waals surface area contributed by atoms with Crippen LogP contribution in [0.2, 0.25) is 0 Å². The molecule has 2 aromatic carbocycles. The van der Waals surface area contributed by atoms with E-state index in [2.05, 4.69) is 16.0 Å². The third kappa shape index (κ3) is 5.47. The summed E-state index contributed by atoms with van der Waals surface area (Å²) in [5.74, 6) is 0.556. The van der Waals surface area contributed by atoms with Crippen LogP contribution in [0, 0.1) is 10.1 Å². The van der Waals surface area contributed by atoms with Gasteiger partial charge in [0.15, 0.2) is 0 Å². The smallest absolute Gasteiger partial charge is 0.269 e. The summed E-state index contributed by atoms with van der Waals surface area (Å²) in [4.78, 5) is 31.7. The zero-order valence-corrected chi connectivity index (χ0v) is 17.6. The number of piperazine rings is 1. The number of non-ortho nitro benzene ring substituents is 1. The van der Waals surface area contributed by atoms with Gasteiger partial charge in [-0.05, 0) is 41.5 Å². The van der Waals surface area contributed by atoms with E-state index < -0.39 is 4.92 Å². The van der Waals surface area contributed by atoms with E-state index in [4.69, 9.17) is 4.74 Å². The van der Waals surface area contributed by atoms with Gasteiger partial charge in [-0.25, -0.2) is 0 Å². The molecule has 32 heavy (non-hydrogen) atoms. The first-order valence-corrected chi connectivity index (χ1v) is 10.5. The Labute approximate surface area is 186 Å². The van der Waals surface area contributed by atoms with Crippen molar-refractivity contribution in [2.45, 2.75) is 13.2 Å². The van der Waals surface area contributed by atoms with Crippen molar-refractivity contribution >= 4 is 11.6 Å². The summed E-state index contributed by atoms with van der Waals surface area (Å²) >= 11 is 0. The SMILES string of the molecule is O=C(c1cccc(COc2ccc([N+](=O)[O-])cc2)c1)N1CCN(Cc2cccnc2)CC1. The molecule has 8 heteroatoms. The number of pyridine rings is 1. The van der Waals surface area contributed by atoms with Crippen LogP contribution in [0.1, 0.15) is 21.5 Å². The number of aromatic nitrogens is 1. The number of carbonyl (C=O) groups is 1. The number of amides is 1. The fourth-order valence-corrected chi connectivity index (χ4v) is 3.67. The molecular weight excluding hydrogens is 408 g/mol. The second-order valence-electron chi connectivity index (χ2n) is 7.67. The van der Waals surface area contributed by atoms with Crippen molar-refractivity contribution in [2.24, 2.45) is 0 Å². The highest BCUT2D eigenvalue weighted by Gasteiger charge is 2.22. The number of rotatable bonds is 7. The Bertz CT molecular complexity index is 1060. The van der Waals surface area contributed by atoms with Crippen LogP contribution in [0.4, 0.5) is 5.69 Å². The molecule has 3 aromatic rings. The first-order chi connectivity index (χ1) is 15.6. The fraction of sp³-hybridized carbons (Fsp3) is 0.250. The summed E-state index contributed by atoms with van der Waals surface area (Å²) < 4.78 is 5.72. The summed E-state index contributed by atoms with van der Waals surface area (Å²) in [6, 6.07) is 17.4. The van der Waals surface area contributed by atoms with E-state index in [1.54, 1.807) is 18.3 Å². The van der Waals surface area contributed by atoms with Gasteiger partial charge >= 0.3 is 0 Å². The highest BCUT2D eigenvalue weighted by molar-refractivity contribution is 5.94. The monoisotopic (exact) mass is 432 g/mol. The molecule has 0 radical (unpaired) electrons. The maximum atomic E-state index is 13.0. The lowest BCUT2D eigenvalue weighted by Crippen LogP contribution is -2.48. The highest BCUT2D eigenvalue weighted by atomic mass is 16.6. The van der Waals surface area contributed by atoms with E-state index in [0.29, 0.717) is 24.4 Å². The van der Waals surface area contributed by atoms with Gasteiger partial charge in [0.2, 0.25) is 0 Å². The standard InChI is InChI=1S/C24H24N4O4/c29-24(27-13-11-26(12-14-27)17-20-4-2-10-25-16-20)21-5-1-3-19(15-21)18-32-23-8-6-22(7-9-23)28(30)31/h1-10,15-16H,11-14,17-18H2. The van der Waals surface area contributed by atoms with Crippen LogP contribution in [-0.4, -0.2) is 51.8 Å². The third-order valence-corrected chi connectivity index (χ3v) is 5.42. The van der Waals surface area contributed by atoms with Crippen molar-refractivity contribution < 1.29 is 14.5 Å². The molecule has 1 aromatic heterocycles. The van der Waals surface area contributed by atoms with Gasteiger partial charge in [-0.15, -0.1) is 0 Å². The average Bonchev–Trinajstić information content (AvgIpc) is 2.84. The molecule has 4 rings (SSSR count). The minimum absolute atomic E-state index is 0.0169. The average molecular weight is 432 g/mol. The fourth-order valence-electron chi connectivity index (χ4n) is 3.67. The van der Waals surface area contributed by atoms with Crippen LogP contribution in [0.25, 0.3) is 0 Å². The predicted molar refractivity (Wildman–Crippen MR) is 119 cm³/mol. The van der Waals surface area contributed by atoms with Crippen LogP contribution < -0.4 is 4.74 Å². The molecule has 1 aliphatic heterocycles. The summed E-state index contributed by atoms with van der Waals surface area (Å²) in [5.41, 5.74) is 2.69. The molecule has 164 valence electrons. The number of hydrogen-bond donors (Lipinski definition) is 0. The minimum Gasteiger partial charge on any atom is -0.489 e. The van der Waals surface area contributed by atoms with E-state index in [1.165, 1.54) is 17.7 Å². The zero-order chi connectivity index (χ0) is 22.3. The van der Waals surface area contributed by atoms with Gasteiger partial charge in [0.05, 0.1) is 4.92 Å². The predicted octanol–water partition coefficient (Wildman–Crippen LogP) is 3.53. The van der Waals surface area contributed by atoms with Gasteiger partial charge < -0.3 is 9.64 Å². The van der Waals surface area contributed by atoms with Crippen molar-refractivity contribution in [2.75, 3.05) is 26.2 Å². The molecule has 8 nitrogen and oxygen atoms in total. The van der Waals surface area contributed by atoms with Crippen LogP contribution in [-0.2, 0) is 13.2 Å². The molecule has 0 N–H and O–H groups in total. The summed E-state index contributed by atoms with van der Waals surface area (Å²) in [6.07, 6.45) is 3.65. The largest absolute Gasteiger partial charge is 0.489 e. The highest BCUT2D eigenvalue weighted by Crippen LogP contribution is 2.19. The Morgan fingerprint density at radius 3 is 2.44 bits per heavy atom. The number of nitrogens with zero attached hydrogens (tertiary/aromatic N) is 4. The molecule has 0 unspecified atom stereocenters. The van der Waals surface area contributed by atoms with Crippen molar-refractivity contribution in [3.63, 3.8) is 0 Å². The van der Waals surface area contributed by atoms with Crippen LogP contribution >= 0.6 is 0 Å². The molecule has 1 saturated heterocycles. The van der Waals surface area contributed by atoms with Gasteiger partial charge in [0.25, 0.3) is 11.6 Å². The number of carbonyl (C=O) groups excluding carboxylic acids is 1. The molecule has 0 saturated carbocycles. The second-order valence-corrected chi connectivity index (χ2v) is 7.67. The first kappa shape index (κ1) is 21.5. The second kappa shape index (κ2) is 10.0. The zero-order valence-electron chi connectivity index (χ0n) is 17.6. The van der Waals surface area contributed by atoms with Crippen molar-refractivity contribution in [3.05, 3.63) is 99.9 Å². The summed E-state index contributed by atoms with van der Waals surface area (Å²) in [6.45, 7) is 4.13. The van der Waals surface area contributed by atoms with Crippen molar-refractivity contribution in [3.8, 4) is 5.75 Å². The Morgan fingerprint density at radius 2 is 1.75 bits per heavy atom. The Balaban J connectivity index is 1.31. The maximum absolute atomic E-state index is 13.0. The molecule has 1 fully saturated rings. The minimum atomic E-state index is -0.447. The quantitative estimate of drug-likeness (QED) is 0.419. The van der Waals surface area contributed by atoms with Crippen LogP contribution in [0.5, 0.6) is 5.75 Å². The molecular formula is C24H24N4O4. The lowest BCUT2D eigenvalue weighted by atomic mass is 10.1. The summed E-state index contributed by atoms with van der Waals surface area (Å²) in [7, 11) is 0. The van der Waals surface area contributed by atoms with Gasteiger partial charge in [-0.2, -0.15) is 0 Å². The van der Waals surface area contributed by atoms with E-state index in [9.17, 15) is 14.9 Å². The molecule has 0 atom stereocenters. The molecule has 0 spiro atoms. The van der Waals surface area contributed by atoms with Gasteiger partial charge in [0.1, 0.15) is 12.4 Å². The van der Waals surface area contributed by atoms with Crippen LogP contribution in [0.3, 0.4) is 0 Å². The van der Waals surface area contributed by atoms with Gasteiger partial charge in [-0.3, -0.25) is 24.8 Å². The summed E-state index contributed by atoms with van der Waals surface area (Å²) in [5, 5.41) is 10.7. The third-order valence-electron chi connectivity index (χ3n) is 5.42. The molecule has 0 bridgehead atoms. The van der Waals surface area contributed by atoms with Crippen molar-refractivity contribution in [1.29, 1.82) is 0 Å². The maximum Gasteiger partial charge on any atom is 0.269 e. The van der Waals surface area contributed by atoms with Crippen LogP contribution in [0.15, 0.2) is 73.1 Å². The number of nitro groups is 1. The number of nitro benzene ring substituents is 1. The number of benzene rings is 2. The van der Waals surface area contributed by atoms with E-state index >= 15 is 0 Å². The molecule has 1 aliphatic rings. The number of ether oxygens (including phenoxy) is 1. The Morgan fingerprint density at radius 1 is 1.00 bits per heavy atom. The van der Waals surface area contributed by atoms with Crippen molar-refractivity contribution in [1.82, 2.24) is 14.8 Å². The van der Waals surface area contributed by atoms with E-state index in [0.717, 1.165) is 25.2 Å². The normalized spacial score (nSPS) is 14.2. The molecule has 1 amide bonds. The topological polar surface area (TPSA) is 88.8 Å². The Kier molecular flexibility index (Phi) is 6.72. The molecule has 2 heterocycles. The lowest BCUT2D eigenvalue weighted by Gasteiger charge is -2.34. The van der Waals surface area contributed by atoms with Gasteiger partial charge in [-0.1, -0.05) is 18.2 Å². The van der Waals surface area contributed by atoms with E-state index in [-0.39, 0.29) is 18.2 Å². The van der Waals surface area contributed by atoms with E-state index in [1.807, 2.05) is 41.4 Å². The van der Waals surface area contributed by atoms with Gasteiger partial charge in [0, 0.05) is 62.8 Å². The number of hydrogen-bond acceptors (Lipinski definition) is 6. The lowest BCUT2D eigenvalue weighted by molar-refractivity contribution is -0.384. The first-order valence-electron chi connectivity index (χ1n) is 10.5. The Hall–Kier alpha value is -3.78. The molecule has 0 aliphatic carbocycles.